The molecule has 0 aliphatic carbocycles. The molecular weight excluding hydrogens is 332 g/mol. The molecule has 4 heteroatoms. The lowest BCUT2D eigenvalue weighted by Gasteiger charge is -2.03. The second-order valence-electron chi connectivity index (χ2n) is 6.76. The number of hydrogen-bond acceptors (Lipinski definition) is 2. The number of aromatic amines is 2. The third-order valence-electron chi connectivity index (χ3n) is 4.87. The third kappa shape index (κ3) is 2.62. The van der Waals surface area contributed by atoms with E-state index in [4.69, 9.17) is 4.98 Å². The zero-order chi connectivity index (χ0) is 18.4. The van der Waals surface area contributed by atoms with E-state index in [1.165, 1.54) is 10.9 Å². The van der Waals surface area contributed by atoms with Gasteiger partial charge in [-0.3, -0.25) is 0 Å². The number of nitrogens with zero attached hydrogens (tertiary/aromatic N) is 2. The fourth-order valence-corrected chi connectivity index (χ4v) is 3.45. The molecule has 0 spiro atoms. The molecule has 0 saturated heterocycles. The highest BCUT2D eigenvalue weighted by Crippen LogP contribution is 2.30. The summed E-state index contributed by atoms with van der Waals surface area (Å²) in [6, 6.07) is 16.7. The molecule has 0 radical (unpaired) electrons. The van der Waals surface area contributed by atoms with Crippen LogP contribution in [0.25, 0.3) is 50.7 Å². The Balaban J connectivity index is 1.67. The molecule has 5 rings (SSSR count). The SMILES string of the molecule is C=Cc1cccc(-c2cnc3[nH]cc(-c4cc5ccc(C)cc5[nH]4)c3n2)c1. The molecule has 27 heavy (non-hydrogen) atoms. The fraction of sp³-hybridized carbons (Fsp3) is 0.0435. The molecule has 3 aromatic heterocycles. The van der Waals surface area contributed by atoms with Crippen LogP contribution >= 0.6 is 0 Å². The molecule has 0 aliphatic rings. The average molecular weight is 350 g/mol. The number of aryl methyl sites for hydroxylation is 1. The van der Waals surface area contributed by atoms with Gasteiger partial charge in [-0.15, -0.1) is 0 Å². The van der Waals surface area contributed by atoms with Gasteiger partial charge in [0.1, 0.15) is 5.52 Å². The minimum absolute atomic E-state index is 0.781. The highest BCUT2D eigenvalue weighted by atomic mass is 14.9. The van der Waals surface area contributed by atoms with Gasteiger partial charge in [0, 0.05) is 28.2 Å². The second-order valence-corrected chi connectivity index (χ2v) is 6.76. The van der Waals surface area contributed by atoms with Crippen LogP contribution in [0.2, 0.25) is 0 Å². The van der Waals surface area contributed by atoms with E-state index in [9.17, 15) is 0 Å². The molecule has 0 atom stereocenters. The molecule has 0 bridgehead atoms. The van der Waals surface area contributed by atoms with Gasteiger partial charge in [0.05, 0.1) is 17.6 Å². The van der Waals surface area contributed by atoms with Crippen LogP contribution in [0.1, 0.15) is 11.1 Å². The molecule has 0 fully saturated rings. The summed E-state index contributed by atoms with van der Waals surface area (Å²) in [5, 5.41) is 1.19. The van der Waals surface area contributed by atoms with Gasteiger partial charge in [0.15, 0.2) is 5.65 Å². The van der Waals surface area contributed by atoms with Crippen molar-refractivity contribution in [2.45, 2.75) is 6.92 Å². The van der Waals surface area contributed by atoms with E-state index in [2.05, 4.69) is 58.8 Å². The van der Waals surface area contributed by atoms with Crippen LogP contribution in [0.15, 0.2) is 67.5 Å². The maximum absolute atomic E-state index is 4.90. The smallest absolute Gasteiger partial charge is 0.156 e. The van der Waals surface area contributed by atoms with Crippen LogP contribution < -0.4 is 0 Å². The van der Waals surface area contributed by atoms with Gasteiger partial charge < -0.3 is 9.97 Å². The summed E-state index contributed by atoms with van der Waals surface area (Å²) in [4.78, 5) is 16.2. The van der Waals surface area contributed by atoms with Crippen molar-refractivity contribution >= 4 is 28.1 Å². The summed E-state index contributed by atoms with van der Waals surface area (Å²) in [7, 11) is 0. The molecule has 5 aromatic rings. The lowest BCUT2D eigenvalue weighted by atomic mass is 10.1. The van der Waals surface area contributed by atoms with Crippen LogP contribution in [-0.4, -0.2) is 19.9 Å². The predicted molar refractivity (Wildman–Crippen MR) is 111 cm³/mol. The van der Waals surface area contributed by atoms with Crippen molar-refractivity contribution in [3.63, 3.8) is 0 Å². The molecule has 2 N–H and O–H groups in total. The van der Waals surface area contributed by atoms with E-state index in [1.54, 1.807) is 6.20 Å². The Morgan fingerprint density at radius 3 is 2.89 bits per heavy atom. The van der Waals surface area contributed by atoms with Crippen molar-refractivity contribution in [2.75, 3.05) is 0 Å². The lowest BCUT2D eigenvalue weighted by molar-refractivity contribution is 1.26. The Morgan fingerprint density at radius 1 is 1.07 bits per heavy atom. The normalized spacial score (nSPS) is 11.3. The Morgan fingerprint density at radius 2 is 2.00 bits per heavy atom. The van der Waals surface area contributed by atoms with Gasteiger partial charge in [-0.25, -0.2) is 9.97 Å². The number of hydrogen-bond donors (Lipinski definition) is 2. The first kappa shape index (κ1) is 15.6. The topological polar surface area (TPSA) is 57.4 Å². The molecule has 2 aromatic carbocycles. The number of fused-ring (bicyclic) bond motifs is 2. The zero-order valence-electron chi connectivity index (χ0n) is 15.0. The molecule has 0 saturated carbocycles. The van der Waals surface area contributed by atoms with Gasteiger partial charge in [-0.2, -0.15) is 0 Å². The quantitative estimate of drug-likeness (QED) is 0.437. The lowest BCUT2D eigenvalue weighted by Crippen LogP contribution is -1.89. The third-order valence-corrected chi connectivity index (χ3v) is 4.87. The first-order chi connectivity index (χ1) is 13.2. The summed E-state index contributed by atoms with van der Waals surface area (Å²) in [5.41, 5.74) is 9.00. The van der Waals surface area contributed by atoms with Crippen molar-refractivity contribution in [1.82, 2.24) is 19.9 Å². The van der Waals surface area contributed by atoms with E-state index in [0.717, 1.165) is 44.8 Å². The standard InChI is InChI=1S/C23H18N4/c1-3-15-5-4-6-16(10-15)21-13-25-23-22(27-21)18(12-24-23)20-11-17-8-7-14(2)9-19(17)26-20/h3-13,26H,1H2,2H3,(H,24,25). The highest BCUT2D eigenvalue weighted by molar-refractivity contribution is 5.95. The molecule has 3 heterocycles. The summed E-state index contributed by atoms with van der Waals surface area (Å²) in [5.74, 6) is 0. The number of H-pyrrole nitrogens is 2. The van der Waals surface area contributed by atoms with Crippen molar-refractivity contribution in [1.29, 1.82) is 0 Å². The second kappa shape index (κ2) is 5.95. The molecule has 130 valence electrons. The molecule has 4 nitrogen and oxygen atoms in total. The number of aromatic nitrogens is 4. The fourth-order valence-electron chi connectivity index (χ4n) is 3.45. The van der Waals surface area contributed by atoms with E-state index < -0.39 is 0 Å². The average Bonchev–Trinajstić information content (AvgIpc) is 3.30. The van der Waals surface area contributed by atoms with Crippen molar-refractivity contribution in [3.8, 4) is 22.5 Å². The van der Waals surface area contributed by atoms with Crippen LogP contribution in [0.5, 0.6) is 0 Å². The van der Waals surface area contributed by atoms with E-state index in [-0.39, 0.29) is 0 Å². The van der Waals surface area contributed by atoms with Gasteiger partial charge in [0.25, 0.3) is 0 Å². The minimum Gasteiger partial charge on any atom is -0.354 e. The number of rotatable bonds is 3. The van der Waals surface area contributed by atoms with Gasteiger partial charge >= 0.3 is 0 Å². The summed E-state index contributed by atoms with van der Waals surface area (Å²) in [6.07, 6.45) is 5.61. The predicted octanol–water partition coefficient (Wildman–Crippen LogP) is 5.72. The summed E-state index contributed by atoms with van der Waals surface area (Å²) in [6.45, 7) is 5.94. The molecule has 0 aliphatic heterocycles. The largest absolute Gasteiger partial charge is 0.354 e. The van der Waals surface area contributed by atoms with Crippen LogP contribution in [0, 0.1) is 6.92 Å². The summed E-state index contributed by atoms with van der Waals surface area (Å²) < 4.78 is 0. The van der Waals surface area contributed by atoms with Crippen molar-refractivity contribution in [2.24, 2.45) is 0 Å². The van der Waals surface area contributed by atoms with Crippen LogP contribution in [0.3, 0.4) is 0 Å². The Hall–Kier alpha value is -3.66. The van der Waals surface area contributed by atoms with E-state index >= 15 is 0 Å². The Bertz CT molecular complexity index is 1310. The Kier molecular flexibility index (Phi) is 3.44. The molecule has 0 unspecified atom stereocenters. The molecular formula is C23H18N4. The van der Waals surface area contributed by atoms with Crippen molar-refractivity contribution < 1.29 is 0 Å². The van der Waals surface area contributed by atoms with Crippen molar-refractivity contribution in [3.05, 3.63) is 78.6 Å². The first-order valence-corrected chi connectivity index (χ1v) is 8.88. The summed E-state index contributed by atoms with van der Waals surface area (Å²) >= 11 is 0. The van der Waals surface area contributed by atoms with E-state index in [0.29, 0.717) is 0 Å². The maximum Gasteiger partial charge on any atom is 0.156 e. The minimum atomic E-state index is 0.781. The van der Waals surface area contributed by atoms with Crippen LogP contribution in [0.4, 0.5) is 0 Å². The monoisotopic (exact) mass is 350 g/mol. The molecule has 0 amide bonds. The Labute approximate surface area is 156 Å². The first-order valence-electron chi connectivity index (χ1n) is 8.88. The number of benzene rings is 2. The van der Waals surface area contributed by atoms with Gasteiger partial charge in [-0.1, -0.05) is 43.0 Å². The van der Waals surface area contributed by atoms with E-state index in [1.807, 2.05) is 30.5 Å². The van der Waals surface area contributed by atoms with Gasteiger partial charge in [-0.05, 0) is 36.2 Å². The zero-order valence-corrected chi connectivity index (χ0v) is 15.0. The van der Waals surface area contributed by atoms with Crippen LogP contribution in [-0.2, 0) is 0 Å². The maximum atomic E-state index is 4.90. The highest BCUT2D eigenvalue weighted by Gasteiger charge is 2.13. The number of nitrogens with one attached hydrogen (secondary N) is 2. The van der Waals surface area contributed by atoms with Gasteiger partial charge in [0.2, 0.25) is 0 Å².